The van der Waals surface area contributed by atoms with Gasteiger partial charge in [-0.1, -0.05) is 12.1 Å². The van der Waals surface area contributed by atoms with Crippen molar-refractivity contribution >= 4 is 0 Å². The van der Waals surface area contributed by atoms with Crippen molar-refractivity contribution in [2.75, 3.05) is 19.6 Å². The van der Waals surface area contributed by atoms with Crippen LogP contribution in [-0.2, 0) is 6.54 Å². The molecule has 106 valence electrons. The molecule has 1 aliphatic rings. The third kappa shape index (κ3) is 3.71. The van der Waals surface area contributed by atoms with Crippen molar-refractivity contribution in [1.29, 1.82) is 0 Å². The molecule has 1 saturated heterocycles. The van der Waals surface area contributed by atoms with Crippen molar-refractivity contribution in [1.82, 2.24) is 4.90 Å². The Balaban J connectivity index is 2.00. The number of rotatable bonds is 4. The largest absolute Gasteiger partial charge is 0.507 e. The molecule has 3 N–H and O–H groups in total. The summed E-state index contributed by atoms with van der Waals surface area (Å²) in [6, 6.07) is 4.21. The maximum Gasteiger partial charge on any atom is 0.121 e. The van der Waals surface area contributed by atoms with Crippen molar-refractivity contribution in [3.8, 4) is 5.75 Å². The summed E-state index contributed by atoms with van der Waals surface area (Å²) in [5.74, 6) is 1.20. The number of phenols is 1. The van der Waals surface area contributed by atoms with E-state index in [0.29, 0.717) is 5.75 Å². The molecule has 19 heavy (non-hydrogen) atoms. The number of benzene rings is 1. The van der Waals surface area contributed by atoms with Crippen LogP contribution in [0.1, 0.15) is 36.0 Å². The minimum Gasteiger partial charge on any atom is -0.507 e. The zero-order valence-corrected chi connectivity index (χ0v) is 12.2. The Hall–Kier alpha value is -1.06. The molecule has 3 nitrogen and oxygen atoms in total. The van der Waals surface area contributed by atoms with Gasteiger partial charge >= 0.3 is 0 Å². The van der Waals surface area contributed by atoms with Crippen molar-refractivity contribution in [3.63, 3.8) is 0 Å². The second-order valence-electron chi connectivity index (χ2n) is 5.90. The monoisotopic (exact) mass is 262 g/mol. The van der Waals surface area contributed by atoms with E-state index in [0.717, 1.165) is 43.1 Å². The lowest BCUT2D eigenvalue weighted by atomic mass is 9.94. The van der Waals surface area contributed by atoms with Gasteiger partial charge in [-0.2, -0.15) is 0 Å². The molecular formula is C16H26N2O. The summed E-state index contributed by atoms with van der Waals surface area (Å²) < 4.78 is 0. The lowest BCUT2D eigenvalue weighted by molar-refractivity contribution is 0.163. The van der Waals surface area contributed by atoms with Crippen LogP contribution in [0.2, 0.25) is 0 Å². The first kappa shape index (κ1) is 14.4. The molecule has 3 heteroatoms. The van der Waals surface area contributed by atoms with E-state index in [1.54, 1.807) is 0 Å². The van der Waals surface area contributed by atoms with Crippen molar-refractivity contribution < 1.29 is 5.11 Å². The van der Waals surface area contributed by atoms with E-state index < -0.39 is 0 Å². The van der Waals surface area contributed by atoms with Crippen molar-refractivity contribution in [2.45, 2.75) is 39.7 Å². The van der Waals surface area contributed by atoms with Gasteiger partial charge in [0.2, 0.25) is 0 Å². The summed E-state index contributed by atoms with van der Waals surface area (Å²) in [7, 11) is 0. The summed E-state index contributed by atoms with van der Waals surface area (Å²) in [5.41, 5.74) is 8.93. The fraction of sp³-hybridized carbons (Fsp3) is 0.625. The fourth-order valence-electron chi connectivity index (χ4n) is 3.16. The van der Waals surface area contributed by atoms with E-state index in [1.807, 2.05) is 13.8 Å². The number of aryl methyl sites for hydroxylation is 2. The highest BCUT2D eigenvalue weighted by atomic mass is 16.3. The number of hydrogen-bond acceptors (Lipinski definition) is 3. The number of nitrogens with zero attached hydrogens (tertiary/aromatic N) is 1. The molecule has 2 rings (SSSR count). The van der Waals surface area contributed by atoms with Crippen LogP contribution in [0.4, 0.5) is 0 Å². The number of nitrogens with two attached hydrogens (primary N) is 1. The molecule has 0 amide bonds. The first-order valence-electron chi connectivity index (χ1n) is 7.31. The van der Waals surface area contributed by atoms with E-state index in [-0.39, 0.29) is 0 Å². The van der Waals surface area contributed by atoms with Crippen LogP contribution in [0, 0.1) is 19.8 Å². The number of aromatic hydroxyl groups is 1. The highest BCUT2D eigenvalue weighted by Crippen LogP contribution is 2.25. The van der Waals surface area contributed by atoms with Gasteiger partial charge in [0.25, 0.3) is 0 Å². The topological polar surface area (TPSA) is 49.5 Å². The van der Waals surface area contributed by atoms with Crippen LogP contribution < -0.4 is 5.73 Å². The van der Waals surface area contributed by atoms with Crippen LogP contribution in [0.25, 0.3) is 0 Å². The van der Waals surface area contributed by atoms with Gasteiger partial charge in [-0.15, -0.1) is 0 Å². The predicted octanol–water partition coefficient (Wildman–Crippen LogP) is 2.57. The molecule has 1 aromatic carbocycles. The Bertz CT molecular complexity index is 406. The van der Waals surface area contributed by atoms with Gasteiger partial charge in [0, 0.05) is 13.1 Å². The van der Waals surface area contributed by atoms with Crippen LogP contribution in [-0.4, -0.2) is 29.6 Å². The highest BCUT2D eigenvalue weighted by molar-refractivity contribution is 5.42. The highest BCUT2D eigenvalue weighted by Gasteiger charge is 2.19. The average Bonchev–Trinajstić information content (AvgIpc) is 2.37. The third-order valence-corrected chi connectivity index (χ3v) is 4.14. The quantitative estimate of drug-likeness (QED) is 0.877. The first-order valence-corrected chi connectivity index (χ1v) is 7.31. The second kappa shape index (κ2) is 6.40. The molecule has 0 aliphatic carbocycles. The zero-order valence-electron chi connectivity index (χ0n) is 12.2. The summed E-state index contributed by atoms with van der Waals surface area (Å²) in [6.07, 6.45) is 3.74. The predicted molar refractivity (Wildman–Crippen MR) is 79.3 cm³/mol. The SMILES string of the molecule is Cc1cc(CN2CCCC(CCN)C2)cc(C)c1O. The molecule has 1 atom stereocenters. The Labute approximate surface area is 116 Å². The number of hydrogen-bond donors (Lipinski definition) is 2. The Morgan fingerprint density at radius 3 is 2.63 bits per heavy atom. The Morgan fingerprint density at radius 1 is 1.32 bits per heavy atom. The number of likely N-dealkylation sites (tertiary alicyclic amines) is 1. The smallest absolute Gasteiger partial charge is 0.121 e. The van der Waals surface area contributed by atoms with Crippen molar-refractivity contribution in [3.05, 3.63) is 28.8 Å². The Kier molecular flexibility index (Phi) is 4.83. The van der Waals surface area contributed by atoms with E-state index in [9.17, 15) is 5.11 Å². The van der Waals surface area contributed by atoms with E-state index >= 15 is 0 Å². The van der Waals surface area contributed by atoms with Gasteiger partial charge in [-0.3, -0.25) is 4.90 Å². The fourth-order valence-corrected chi connectivity index (χ4v) is 3.16. The van der Waals surface area contributed by atoms with Gasteiger partial charge < -0.3 is 10.8 Å². The molecule has 1 aromatic rings. The third-order valence-electron chi connectivity index (χ3n) is 4.14. The van der Waals surface area contributed by atoms with Crippen LogP contribution >= 0.6 is 0 Å². The van der Waals surface area contributed by atoms with Gasteiger partial charge in [-0.05, 0) is 68.8 Å². The van der Waals surface area contributed by atoms with Crippen molar-refractivity contribution in [2.24, 2.45) is 11.7 Å². The zero-order chi connectivity index (χ0) is 13.8. The minimum absolute atomic E-state index is 0.434. The van der Waals surface area contributed by atoms with Gasteiger partial charge in [0.05, 0.1) is 0 Å². The molecule has 0 saturated carbocycles. The molecule has 1 unspecified atom stereocenters. The van der Waals surface area contributed by atoms with Gasteiger partial charge in [0.1, 0.15) is 5.75 Å². The van der Waals surface area contributed by atoms with E-state index in [4.69, 9.17) is 5.73 Å². The van der Waals surface area contributed by atoms with E-state index in [1.165, 1.54) is 24.9 Å². The molecule has 1 fully saturated rings. The average molecular weight is 262 g/mol. The van der Waals surface area contributed by atoms with Crippen LogP contribution in [0.3, 0.4) is 0 Å². The maximum absolute atomic E-state index is 9.82. The van der Waals surface area contributed by atoms with Gasteiger partial charge in [0.15, 0.2) is 0 Å². The molecule has 0 aromatic heterocycles. The van der Waals surface area contributed by atoms with E-state index in [2.05, 4.69) is 17.0 Å². The number of phenolic OH excluding ortho intramolecular Hbond substituents is 1. The summed E-state index contributed by atoms with van der Waals surface area (Å²) in [4.78, 5) is 2.52. The first-order chi connectivity index (χ1) is 9.10. The lowest BCUT2D eigenvalue weighted by Gasteiger charge is -2.32. The molecule has 0 radical (unpaired) electrons. The molecule has 0 bridgehead atoms. The summed E-state index contributed by atoms with van der Waals surface area (Å²) in [5, 5.41) is 9.82. The normalized spacial score (nSPS) is 20.7. The maximum atomic E-state index is 9.82. The summed E-state index contributed by atoms with van der Waals surface area (Å²) >= 11 is 0. The Morgan fingerprint density at radius 2 is 2.00 bits per heavy atom. The number of piperidine rings is 1. The minimum atomic E-state index is 0.434. The molecule has 1 aliphatic heterocycles. The molecule has 0 spiro atoms. The standard InChI is InChI=1S/C16H26N2O/c1-12-8-15(9-13(2)16(12)19)11-18-7-3-4-14(10-18)5-6-17/h8-9,14,19H,3-7,10-11,17H2,1-2H3. The van der Waals surface area contributed by atoms with Gasteiger partial charge in [-0.25, -0.2) is 0 Å². The lowest BCUT2D eigenvalue weighted by Crippen LogP contribution is -2.35. The van der Waals surface area contributed by atoms with Crippen LogP contribution in [0.5, 0.6) is 5.75 Å². The summed E-state index contributed by atoms with van der Waals surface area (Å²) in [6.45, 7) is 8.08. The second-order valence-corrected chi connectivity index (χ2v) is 5.90. The molecular weight excluding hydrogens is 236 g/mol. The molecule has 1 heterocycles. The van der Waals surface area contributed by atoms with Crippen LogP contribution in [0.15, 0.2) is 12.1 Å².